The Morgan fingerprint density at radius 2 is 2.05 bits per heavy atom. The first-order valence-electron chi connectivity index (χ1n) is 5.91. The van der Waals surface area contributed by atoms with E-state index in [-0.39, 0.29) is 23.7 Å². The fourth-order valence-corrected chi connectivity index (χ4v) is 2.04. The minimum Gasteiger partial charge on any atom is -0.347 e. The van der Waals surface area contributed by atoms with E-state index in [0.717, 1.165) is 0 Å². The second-order valence-corrected chi connectivity index (χ2v) is 4.65. The lowest BCUT2D eigenvalue weighted by molar-refractivity contribution is -0.529. The van der Waals surface area contributed by atoms with Crippen LogP contribution in [-0.4, -0.2) is 40.9 Å². The van der Waals surface area contributed by atoms with Crippen molar-refractivity contribution in [3.63, 3.8) is 0 Å². The maximum absolute atomic E-state index is 11.4. The Morgan fingerprint density at radius 1 is 1.42 bits per heavy atom. The Labute approximate surface area is 110 Å². The number of hydrogen-bond acceptors (Lipinski definition) is 6. The van der Waals surface area contributed by atoms with E-state index in [1.54, 1.807) is 19.0 Å². The van der Waals surface area contributed by atoms with Crippen molar-refractivity contribution < 1.29 is 9.72 Å². The van der Waals surface area contributed by atoms with Gasteiger partial charge in [-0.25, -0.2) is 9.97 Å². The predicted molar refractivity (Wildman–Crippen MR) is 67.3 cm³/mol. The summed E-state index contributed by atoms with van der Waals surface area (Å²) in [6, 6.07) is -1.49. The second kappa shape index (κ2) is 5.17. The molecular formula is C11H15N5O3. The summed E-state index contributed by atoms with van der Waals surface area (Å²) in [4.78, 5) is 32.0. The number of piperidine rings is 1. The van der Waals surface area contributed by atoms with Gasteiger partial charge in [0.15, 0.2) is 0 Å². The van der Waals surface area contributed by atoms with E-state index in [4.69, 9.17) is 0 Å². The van der Waals surface area contributed by atoms with Crippen LogP contribution in [0.2, 0.25) is 0 Å². The van der Waals surface area contributed by atoms with Crippen molar-refractivity contribution in [3.8, 4) is 0 Å². The van der Waals surface area contributed by atoms with E-state index in [1.165, 1.54) is 12.4 Å². The largest absolute Gasteiger partial charge is 0.347 e. The van der Waals surface area contributed by atoms with Gasteiger partial charge in [-0.3, -0.25) is 14.9 Å². The van der Waals surface area contributed by atoms with E-state index in [2.05, 4.69) is 15.3 Å². The van der Waals surface area contributed by atoms with Crippen LogP contribution in [0.3, 0.4) is 0 Å². The number of nitro groups is 1. The molecule has 0 aliphatic carbocycles. The second-order valence-electron chi connectivity index (χ2n) is 4.65. The van der Waals surface area contributed by atoms with Gasteiger partial charge in [0.2, 0.25) is 17.9 Å². The Hall–Kier alpha value is -2.25. The average Bonchev–Trinajstić information content (AvgIpc) is 2.38. The third-order valence-corrected chi connectivity index (χ3v) is 3.06. The SMILES string of the molecule is CN(C)c1ncc([C@@H]2NC(=O)CC[C@H]2[N+](=O)[O-])cn1. The molecule has 2 rings (SSSR count). The van der Waals surface area contributed by atoms with Gasteiger partial charge in [0, 0.05) is 49.8 Å². The molecule has 0 aromatic carbocycles. The Morgan fingerprint density at radius 3 is 2.58 bits per heavy atom. The molecule has 0 radical (unpaired) electrons. The zero-order valence-corrected chi connectivity index (χ0v) is 10.7. The lowest BCUT2D eigenvalue weighted by atomic mass is 9.94. The summed E-state index contributed by atoms with van der Waals surface area (Å²) in [5, 5.41) is 13.7. The molecule has 1 fully saturated rings. The maximum atomic E-state index is 11.4. The van der Waals surface area contributed by atoms with E-state index < -0.39 is 12.1 Å². The summed E-state index contributed by atoms with van der Waals surface area (Å²) in [6.07, 6.45) is 3.46. The summed E-state index contributed by atoms with van der Waals surface area (Å²) < 4.78 is 0. The van der Waals surface area contributed by atoms with Crippen LogP contribution < -0.4 is 10.2 Å². The van der Waals surface area contributed by atoms with Crippen molar-refractivity contribution in [3.05, 3.63) is 28.1 Å². The first-order chi connectivity index (χ1) is 8.99. The van der Waals surface area contributed by atoms with E-state index in [9.17, 15) is 14.9 Å². The van der Waals surface area contributed by atoms with Crippen LogP contribution in [0, 0.1) is 10.1 Å². The number of nitrogens with one attached hydrogen (secondary N) is 1. The number of anilines is 1. The minimum atomic E-state index is -0.827. The summed E-state index contributed by atoms with van der Waals surface area (Å²) in [5.41, 5.74) is 0.556. The highest BCUT2D eigenvalue weighted by atomic mass is 16.6. The molecular weight excluding hydrogens is 250 g/mol. The molecule has 1 saturated heterocycles. The van der Waals surface area contributed by atoms with Crippen LogP contribution >= 0.6 is 0 Å². The number of nitrogens with zero attached hydrogens (tertiary/aromatic N) is 4. The summed E-state index contributed by atoms with van der Waals surface area (Å²) >= 11 is 0. The first kappa shape index (κ1) is 13.2. The van der Waals surface area contributed by atoms with Gasteiger partial charge in [-0.1, -0.05) is 0 Å². The van der Waals surface area contributed by atoms with Crippen LogP contribution in [0.15, 0.2) is 12.4 Å². The number of rotatable bonds is 3. The lowest BCUT2D eigenvalue weighted by Gasteiger charge is -2.26. The molecule has 1 amide bonds. The molecule has 8 heteroatoms. The lowest BCUT2D eigenvalue weighted by Crippen LogP contribution is -2.45. The highest BCUT2D eigenvalue weighted by Crippen LogP contribution is 2.25. The van der Waals surface area contributed by atoms with Crippen LogP contribution in [-0.2, 0) is 4.79 Å². The van der Waals surface area contributed by atoms with Crippen LogP contribution in [0.1, 0.15) is 24.4 Å². The van der Waals surface area contributed by atoms with Crippen molar-refractivity contribution in [2.24, 2.45) is 0 Å². The molecule has 2 heterocycles. The van der Waals surface area contributed by atoms with Crippen LogP contribution in [0.25, 0.3) is 0 Å². The highest BCUT2D eigenvalue weighted by molar-refractivity contribution is 5.77. The molecule has 0 saturated carbocycles. The number of carbonyl (C=O) groups is 1. The third-order valence-electron chi connectivity index (χ3n) is 3.06. The number of aromatic nitrogens is 2. The van der Waals surface area contributed by atoms with E-state index >= 15 is 0 Å². The summed E-state index contributed by atoms with van der Waals surface area (Å²) in [7, 11) is 3.61. The van der Waals surface area contributed by atoms with Gasteiger partial charge in [0.1, 0.15) is 6.04 Å². The summed E-state index contributed by atoms with van der Waals surface area (Å²) in [5.74, 6) is 0.336. The molecule has 1 aromatic heterocycles. The molecule has 1 aliphatic heterocycles. The Kier molecular flexibility index (Phi) is 3.59. The Balaban J connectivity index is 2.26. The first-order valence-corrected chi connectivity index (χ1v) is 5.91. The topological polar surface area (TPSA) is 101 Å². The quantitative estimate of drug-likeness (QED) is 0.616. The molecule has 0 unspecified atom stereocenters. The standard InChI is InChI=1S/C11H15N5O3/c1-15(2)11-12-5-7(6-13-11)10-8(16(18)19)3-4-9(17)14-10/h5-6,8,10H,3-4H2,1-2H3,(H,14,17)/t8-,10+/m1/s1. The van der Waals surface area contributed by atoms with E-state index in [1.807, 2.05) is 0 Å². The van der Waals surface area contributed by atoms with Gasteiger partial charge >= 0.3 is 0 Å². The van der Waals surface area contributed by atoms with Crippen molar-refractivity contribution in [2.75, 3.05) is 19.0 Å². The number of carbonyl (C=O) groups excluding carboxylic acids is 1. The van der Waals surface area contributed by atoms with Gasteiger partial charge in [-0.2, -0.15) is 0 Å². The number of hydrogen-bond donors (Lipinski definition) is 1. The number of amides is 1. The molecule has 1 aliphatic rings. The Bertz CT molecular complexity index is 488. The molecule has 2 atom stereocenters. The van der Waals surface area contributed by atoms with Gasteiger partial charge in [0.25, 0.3) is 0 Å². The van der Waals surface area contributed by atoms with Gasteiger partial charge in [-0.05, 0) is 0 Å². The smallest absolute Gasteiger partial charge is 0.237 e. The van der Waals surface area contributed by atoms with Gasteiger partial charge in [0.05, 0.1) is 0 Å². The third kappa shape index (κ3) is 2.78. The fourth-order valence-electron chi connectivity index (χ4n) is 2.04. The molecule has 0 spiro atoms. The van der Waals surface area contributed by atoms with Crippen molar-refractivity contribution >= 4 is 11.9 Å². The van der Waals surface area contributed by atoms with Crippen molar-refractivity contribution in [2.45, 2.75) is 24.9 Å². The van der Waals surface area contributed by atoms with Gasteiger partial charge < -0.3 is 10.2 Å². The fraction of sp³-hybridized carbons (Fsp3) is 0.545. The molecule has 19 heavy (non-hydrogen) atoms. The van der Waals surface area contributed by atoms with Crippen molar-refractivity contribution in [1.82, 2.24) is 15.3 Å². The van der Waals surface area contributed by atoms with Gasteiger partial charge in [-0.15, -0.1) is 0 Å². The maximum Gasteiger partial charge on any atom is 0.237 e. The average molecular weight is 265 g/mol. The molecule has 8 nitrogen and oxygen atoms in total. The molecule has 1 N–H and O–H groups in total. The summed E-state index contributed by atoms with van der Waals surface area (Å²) in [6.45, 7) is 0. The zero-order chi connectivity index (χ0) is 14.0. The molecule has 1 aromatic rings. The molecule has 0 bridgehead atoms. The predicted octanol–water partition coefficient (Wildman–Crippen LogP) is 0.139. The zero-order valence-electron chi connectivity index (χ0n) is 10.7. The van der Waals surface area contributed by atoms with Crippen LogP contribution in [0.5, 0.6) is 0 Å². The monoisotopic (exact) mass is 265 g/mol. The van der Waals surface area contributed by atoms with Crippen LogP contribution in [0.4, 0.5) is 5.95 Å². The normalized spacial score (nSPS) is 22.7. The molecule has 102 valence electrons. The highest BCUT2D eigenvalue weighted by Gasteiger charge is 2.38. The minimum absolute atomic E-state index is 0.179. The van der Waals surface area contributed by atoms with Crippen molar-refractivity contribution in [1.29, 1.82) is 0 Å². The van der Waals surface area contributed by atoms with E-state index in [0.29, 0.717) is 11.5 Å².